The van der Waals surface area contributed by atoms with Crippen molar-refractivity contribution in [3.63, 3.8) is 0 Å². The molecular formula is C24H23NO5. The monoisotopic (exact) mass is 405 g/mol. The molecule has 0 aliphatic heterocycles. The summed E-state index contributed by atoms with van der Waals surface area (Å²) in [4.78, 5) is 24.1. The minimum Gasteiger partial charge on any atom is -0.493 e. The lowest BCUT2D eigenvalue weighted by atomic mass is 10.1. The van der Waals surface area contributed by atoms with Gasteiger partial charge in [-0.05, 0) is 42.1 Å². The third-order valence-corrected chi connectivity index (χ3v) is 4.31. The number of esters is 1. The molecule has 0 fully saturated rings. The normalized spacial score (nSPS) is 10.7. The summed E-state index contributed by atoms with van der Waals surface area (Å²) in [6.07, 6.45) is 2.85. The molecule has 0 saturated carbocycles. The fourth-order valence-electron chi connectivity index (χ4n) is 2.93. The van der Waals surface area contributed by atoms with Crippen molar-refractivity contribution in [2.24, 2.45) is 0 Å². The SMILES string of the molecule is CCOc1ccc(/C=C/C(=O)OCC(=O)Nc2cccc3ccccc23)cc1OC. The Hall–Kier alpha value is -3.80. The Morgan fingerprint density at radius 3 is 2.60 bits per heavy atom. The number of amides is 1. The van der Waals surface area contributed by atoms with Crippen LogP contribution in [-0.2, 0) is 14.3 Å². The number of hydrogen-bond acceptors (Lipinski definition) is 5. The van der Waals surface area contributed by atoms with Gasteiger partial charge in [-0.3, -0.25) is 4.79 Å². The van der Waals surface area contributed by atoms with Crippen LogP contribution in [0.1, 0.15) is 12.5 Å². The van der Waals surface area contributed by atoms with Crippen molar-refractivity contribution < 1.29 is 23.8 Å². The summed E-state index contributed by atoms with van der Waals surface area (Å²) in [6.45, 7) is 2.04. The van der Waals surface area contributed by atoms with Crippen molar-refractivity contribution in [3.8, 4) is 11.5 Å². The molecule has 1 amide bonds. The highest BCUT2D eigenvalue weighted by atomic mass is 16.5. The van der Waals surface area contributed by atoms with E-state index >= 15 is 0 Å². The molecule has 6 heteroatoms. The number of nitrogens with one attached hydrogen (secondary N) is 1. The zero-order valence-electron chi connectivity index (χ0n) is 16.9. The van der Waals surface area contributed by atoms with Gasteiger partial charge in [0.05, 0.1) is 13.7 Å². The molecule has 0 aliphatic carbocycles. The lowest BCUT2D eigenvalue weighted by Crippen LogP contribution is -2.20. The third kappa shape index (κ3) is 5.38. The zero-order valence-corrected chi connectivity index (χ0v) is 16.9. The zero-order chi connectivity index (χ0) is 21.3. The van der Waals surface area contributed by atoms with Crippen molar-refractivity contribution in [3.05, 3.63) is 72.3 Å². The van der Waals surface area contributed by atoms with Crippen LogP contribution in [0.15, 0.2) is 66.7 Å². The second-order valence-electron chi connectivity index (χ2n) is 6.36. The van der Waals surface area contributed by atoms with Gasteiger partial charge < -0.3 is 19.5 Å². The average Bonchev–Trinajstić information content (AvgIpc) is 2.77. The molecule has 154 valence electrons. The van der Waals surface area contributed by atoms with Gasteiger partial charge in [-0.15, -0.1) is 0 Å². The van der Waals surface area contributed by atoms with Gasteiger partial charge in [-0.1, -0.05) is 42.5 Å². The molecule has 0 heterocycles. The van der Waals surface area contributed by atoms with Crippen LogP contribution in [0.3, 0.4) is 0 Å². The van der Waals surface area contributed by atoms with Crippen molar-refractivity contribution in [2.75, 3.05) is 25.6 Å². The third-order valence-electron chi connectivity index (χ3n) is 4.31. The van der Waals surface area contributed by atoms with Crippen molar-refractivity contribution >= 4 is 34.4 Å². The maximum Gasteiger partial charge on any atom is 0.331 e. The van der Waals surface area contributed by atoms with Crippen LogP contribution < -0.4 is 14.8 Å². The number of fused-ring (bicyclic) bond motifs is 1. The number of carbonyl (C=O) groups excluding carboxylic acids is 2. The van der Waals surface area contributed by atoms with Crippen LogP contribution in [0.4, 0.5) is 5.69 Å². The first kappa shape index (κ1) is 20.9. The Bertz CT molecular complexity index is 1070. The first-order valence-corrected chi connectivity index (χ1v) is 9.54. The number of anilines is 1. The fraction of sp³-hybridized carbons (Fsp3) is 0.167. The molecule has 0 radical (unpaired) electrons. The van der Waals surface area contributed by atoms with E-state index in [1.54, 1.807) is 37.5 Å². The largest absolute Gasteiger partial charge is 0.493 e. The van der Waals surface area contributed by atoms with Crippen LogP contribution >= 0.6 is 0 Å². The summed E-state index contributed by atoms with van der Waals surface area (Å²) >= 11 is 0. The van der Waals surface area contributed by atoms with E-state index in [2.05, 4.69) is 5.32 Å². The van der Waals surface area contributed by atoms with Gasteiger partial charge in [-0.25, -0.2) is 4.79 Å². The van der Waals surface area contributed by atoms with Crippen LogP contribution in [0.25, 0.3) is 16.8 Å². The molecule has 0 bridgehead atoms. The Balaban J connectivity index is 1.55. The quantitative estimate of drug-likeness (QED) is 0.443. The van der Waals surface area contributed by atoms with Crippen LogP contribution in [0, 0.1) is 0 Å². The van der Waals surface area contributed by atoms with Crippen LogP contribution in [0.5, 0.6) is 11.5 Å². The van der Waals surface area contributed by atoms with E-state index in [0.29, 0.717) is 23.8 Å². The van der Waals surface area contributed by atoms with E-state index in [4.69, 9.17) is 14.2 Å². The molecule has 30 heavy (non-hydrogen) atoms. The molecule has 0 aliphatic rings. The number of methoxy groups -OCH3 is 1. The standard InChI is InChI=1S/C24H23NO5/c1-3-29-21-13-11-17(15-22(21)28-2)12-14-24(27)30-16-23(26)25-20-10-6-8-18-7-4-5-9-19(18)20/h4-15H,3,16H2,1-2H3,(H,25,26)/b14-12+. The molecule has 0 saturated heterocycles. The van der Waals surface area contributed by atoms with Gasteiger partial charge in [0.15, 0.2) is 18.1 Å². The van der Waals surface area contributed by atoms with E-state index in [9.17, 15) is 9.59 Å². The number of carbonyl (C=O) groups is 2. The number of rotatable bonds is 8. The Labute approximate surface area is 175 Å². The molecule has 0 atom stereocenters. The second-order valence-corrected chi connectivity index (χ2v) is 6.36. The highest BCUT2D eigenvalue weighted by Gasteiger charge is 2.08. The smallest absolute Gasteiger partial charge is 0.331 e. The number of benzene rings is 3. The highest BCUT2D eigenvalue weighted by Crippen LogP contribution is 2.28. The molecule has 0 unspecified atom stereocenters. The van der Waals surface area contributed by atoms with Gasteiger partial charge in [0.1, 0.15) is 0 Å². The van der Waals surface area contributed by atoms with Crippen LogP contribution in [-0.4, -0.2) is 32.2 Å². The summed E-state index contributed by atoms with van der Waals surface area (Å²) in [5, 5.41) is 4.71. The van der Waals surface area contributed by atoms with E-state index in [0.717, 1.165) is 16.3 Å². The minimum atomic E-state index is -0.615. The van der Waals surface area contributed by atoms with Crippen molar-refractivity contribution in [1.82, 2.24) is 0 Å². The predicted octanol–water partition coefficient (Wildman–Crippen LogP) is 4.44. The maximum absolute atomic E-state index is 12.2. The van der Waals surface area contributed by atoms with Crippen LogP contribution in [0.2, 0.25) is 0 Å². The van der Waals surface area contributed by atoms with Gasteiger partial charge in [0, 0.05) is 17.1 Å². The van der Waals surface area contributed by atoms with E-state index < -0.39 is 11.9 Å². The van der Waals surface area contributed by atoms with Crippen molar-refractivity contribution in [1.29, 1.82) is 0 Å². The molecule has 0 aromatic heterocycles. The lowest BCUT2D eigenvalue weighted by Gasteiger charge is -2.09. The van der Waals surface area contributed by atoms with Gasteiger partial charge in [0.2, 0.25) is 0 Å². The summed E-state index contributed by atoms with van der Waals surface area (Å²) in [5.41, 5.74) is 1.42. The summed E-state index contributed by atoms with van der Waals surface area (Å²) in [6, 6.07) is 18.7. The molecule has 1 N–H and O–H groups in total. The second kappa shape index (κ2) is 10.1. The molecule has 3 aromatic carbocycles. The lowest BCUT2D eigenvalue weighted by molar-refractivity contribution is -0.142. The summed E-state index contributed by atoms with van der Waals surface area (Å²) < 4.78 is 15.8. The van der Waals surface area contributed by atoms with E-state index in [1.807, 2.05) is 43.3 Å². The van der Waals surface area contributed by atoms with E-state index in [1.165, 1.54) is 6.08 Å². The van der Waals surface area contributed by atoms with Gasteiger partial charge in [-0.2, -0.15) is 0 Å². The Kier molecular flexibility index (Phi) is 7.05. The Morgan fingerprint density at radius 2 is 1.80 bits per heavy atom. The van der Waals surface area contributed by atoms with Gasteiger partial charge >= 0.3 is 5.97 Å². The topological polar surface area (TPSA) is 73.9 Å². The summed E-state index contributed by atoms with van der Waals surface area (Å²) in [5.74, 6) is 0.179. The Morgan fingerprint density at radius 1 is 1.00 bits per heavy atom. The number of ether oxygens (including phenoxy) is 3. The summed E-state index contributed by atoms with van der Waals surface area (Å²) in [7, 11) is 1.55. The molecule has 3 rings (SSSR count). The molecule has 6 nitrogen and oxygen atoms in total. The first-order chi connectivity index (χ1) is 14.6. The maximum atomic E-state index is 12.2. The van der Waals surface area contributed by atoms with E-state index in [-0.39, 0.29) is 6.61 Å². The average molecular weight is 405 g/mol. The number of hydrogen-bond donors (Lipinski definition) is 1. The molecule has 3 aromatic rings. The first-order valence-electron chi connectivity index (χ1n) is 9.54. The van der Waals surface area contributed by atoms with Crippen molar-refractivity contribution in [2.45, 2.75) is 6.92 Å². The highest BCUT2D eigenvalue weighted by molar-refractivity contribution is 6.03. The molecule has 0 spiro atoms. The molecular weight excluding hydrogens is 382 g/mol. The fourth-order valence-corrected chi connectivity index (χ4v) is 2.93. The minimum absolute atomic E-state index is 0.376. The predicted molar refractivity (Wildman–Crippen MR) is 117 cm³/mol. The van der Waals surface area contributed by atoms with Gasteiger partial charge in [0.25, 0.3) is 5.91 Å².